The Morgan fingerprint density at radius 2 is 2.00 bits per heavy atom. The van der Waals surface area contributed by atoms with Gasteiger partial charge in [0.1, 0.15) is 5.75 Å². The Bertz CT molecular complexity index is 421. The second-order valence-electron chi connectivity index (χ2n) is 2.87. The van der Waals surface area contributed by atoms with Crippen molar-refractivity contribution in [1.82, 2.24) is 0 Å². The first-order valence-electron chi connectivity index (χ1n) is 4.52. The van der Waals surface area contributed by atoms with Crippen molar-refractivity contribution in [3.05, 3.63) is 24.3 Å². The van der Waals surface area contributed by atoms with Crippen LogP contribution < -0.4 is 4.52 Å². The van der Waals surface area contributed by atoms with Gasteiger partial charge < -0.3 is 9.05 Å². The number of rotatable bonds is 5. The third-order valence-corrected chi connectivity index (χ3v) is 4.62. The van der Waals surface area contributed by atoms with Crippen molar-refractivity contribution in [2.45, 2.75) is 11.8 Å². The minimum atomic E-state index is -2.72. The Kier molecular flexibility index (Phi) is 5.41. The summed E-state index contributed by atoms with van der Waals surface area (Å²) in [5, 5.41) is 0. The van der Waals surface area contributed by atoms with Crippen molar-refractivity contribution in [1.29, 1.82) is 0 Å². The third-order valence-electron chi connectivity index (χ3n) is 1.65. The van der Waals surface area contributed by atoms with Crippen molar-refractivity contribution in [3.63, 3.8) is 0 Å². The fourth-order valence-electron chi connectivity index (χ4n) is 0.999. The second-order valence-corrected chi connectivity index (χ2v) is 8.93. The van der Waals surface area contributed by atoms with Crippen molar-refractivity contribution in [2.75, 3.05) is 12.9 Å². The predicted octanol–water partition coefficient (Wildman–Crippen LogP) is 3.30. The molecule has 0 fully saturated rings. The monoisotopic (exact) mass is 298 g/mol. The maximum absolute atomic E-state index is 11.2. The molecule has 0 spiro atoms. The molecule has 0 N–H and O–H groups in total. The van der Waals surface area contributed by atoms with E-state index in [9.17, 15) is 4.21 Å². The van der Waals surface area contributed by atoms with Crippen LogP contribution in [0.5, 0.6) is 5.75 Å². The van der Waals surface area contributed by atoms with E-state index in [2.05, 4.69) is 0 Å². The molecule has 0 saturated carbocycles. The molecule has 0 aliphatic heterocycles. The number of hydrogen-bond donors (Lipinski definition) is 0. The molecule has 0 amide bonds. The molecule has 0 aromatic heterocycles. The average Bonchev–Trinajstić information content (AvgIpc) is 2.17. The normalized spacial score (nSPS) is 16.4. The molecule has 1 rings (SSSR count). The summed E-state index contributed by atoms with van der Waals surface area (Å²) < 4.78 is 21.6. The molecule has 16 heavy (non-hydrogen) atoms. The number of hydrogen-bond acceptors (Lipinski definition) is 4. The number of benzene rings is 1. The van der Waals surface area contributed by atoms with Gasteiger partial charge in [-0.25, -0.2) is 0 Å². The van der Waals surface area contributed by atoms with Crippen LogP contribution in [0, 0.1) is 0 Å². The van der Waals surface area contributed by atoms with E-state index in [4.69, 9.17) is 32.1 Å². The quantitative estimate of drug-likeness (QED) is 0.781. The van der Waals surface area contributed by atoms with E-state index < -0.39 is 16.6 Å². The largest absolute Gasteiger partial charge is 0.433 e. The summed E-state index contributed by atoms with van der Waals surface area (Å²) in [4.78, 5) is 0.728. The summed E-state index contributed by atoms with van der Waals surface area (Å²) in [7, 11) is -1.00. The van der Waals surface area contributed by atoms with E-state index in [1.165, 1.54) is 0 Å². The zero-order valence-corrected chi connectivity index (χ0v) is 12.2. The number of halogens is 1. The van der Waals surface area contributed by atoms with Crippen molar-refractivity contribution < 1.29 is 13.3 Å². The molecule has 1 aromatic rings. The Morgan fingerprint density at radius 3 is 2.44 bits per heavy atom. The summed E-state index contributed by atoms with van der Waals surface area (Å²) in [6.45, 7) is 2.22. The molecule has 2 unspecified atom stereocenters. The lowest BCUT2D eigenvalue weighted by Crippen LogP contribution is -1.93. The molecule has 0 aliphatic carbocycles. The summed E-state index contributed by atoms with van der Waals surface area (Å²) >= 11 is 10.9. The summed E-state index contributed by atoms with van der Waals surface area (Å²) in [5.41, 5.74) is 0. The standard InChI is InChI=1S/C9H12ClO3PS2/c1-3-12-14(10,15)13-8-4-6-9(7-5-8)16(2)11/h4-7H,3H2,1-2H3. The molecule has 7 heteroatoms. The minimum Gasteiger partial charge on any atom is -0.433 e. The Balaban J connectivity index is 2.76. The molecule has 1 aromatic carbocycles. The van der Waals surface area contributed by atoms with Crippen LogP contribution in [0.4, 0.5) is 0 Å². The van der Waals surface area contributed by atoms with E-state index in [-0.39, 0.29) is 0 Å². The van der Waals surface area contributed by atoms with Gasteiger partial charge in [-0.3, -0.25) is 4.21 Å². The van der Waals surface area contributed by atoms with Gasteiger partial charge in [0.25, 0.3) is 0 Å². The van der Waals surface area contributed by atoms with Crippen LogP contribution in [0.1, 0.15) is 6.92 Å². The molecule has 0 bridgehead atoms. The zero-order valence-electron chi connectivity index (χ0n) is 8.88. The van der Waals surface area contributed by atoms with Crippen LogP contribution in [0.15, 0.2) is 29.2 Å². The van der Waals surface area contributed by atoms with Gasteiger partial charge in [0.2, 0.25) is 0 Å². The summed E-state index contributed by atoms with van der Waals surface area (Å²) in [5.74, 6) is -2.19. The smallest absolute Gasteiger partial charge is 0.332 e. The van der Waals surface area contributed by atoms with Gasteiger partial charge in [0, 0.05) is 22.0 Å². The summed E-state index contributed by atoms with van der Waals surface area (Å²) in [6.07, 6.45) is 1.61. The topological polar surface area (TPSA) is 35.5 Å². The maximum atomic E-state index is 11.2. The van der Waals surface area contributed by atoms with Gasteiger partial charge in [0.05, 0.1) is 6.61 Å². The Morgan fingerprint density at radius 1 is 1.44 bits per heavy atom. The molecule has 2 atom stereocenters. The van der Waals surface area contributed by atoms with Gasteiger partial charge in [-0.1, -0.05) is 0 Å². The van der Waals surface area contributed by atoms with Gasteiger partial charge in [-0.05, 0) is 54.2 Å². The van der Waals surface area contributed by atoms with Gasteiger partial charge in [-0.2, -0.15) is 0 Å². The average molecular weight is 299 g/mol. The van der Waals surface area contributed by atoms with Crippen molar-refractivity contribution >= 4 is 39.7 Å². The molecule has 3 nitrogen and oxygen atoms in total. The molecule has 0 heterocycles. The van der Waals surface area contributed by atoms with Crippen molar-refractivity contribution in [3.8, 4) is 5.75 Å². The fraction of sp³-hybridized carbons (Fsp3) is 0.333. The second kappa shape index (κ2) is 6.12. The highest BCUT2D eigenvalue weighted by Gasteiger charge is 2.15. The van der Waals surface area contributed by atoms with Gasteiger partial charge >= 0.3 is 5.84 Å². The molecular weight excluding hydrogens is 287 g/mol. The first-order chi connectivity index (χ1) is 7.44. The molecule has 0 aliphatic rings. The van der Waals surface area contributed by atoms with Crippen LogP contribution in [0.3, 0.4) is 0 Å². The van der Waals surface area contributed by atoms with E-state index in [1.54, 1.807) is 37.4 Å². The highest BCUT2D eigenvalue weighted by Crippen LogP contribution is 2.53. The Hall–Kier alpha value is 0.0700. The lowest BCUT2D eigenvalue weighted by Gasteiger charge is -2.15. The Labute approximate surface area is 108 Å². The van der Waals surface area contributed by atoms with Crippen LogP contribution >= 0.6 is 17.1 Å². The highest BCUT2D eigenvalue weighted by molar-refractivity contribution is 8.22. The maximum Gasteiger partial charge on any atom is 0.332 e. The molecular formula is C9H12ClO3PS2. The molecule has 0 radical (unpaired) electrons. The third kappa shape index (κ3) is 4.52. The van der Waals surface area contributed by atoms with Crippen LogP contribution in [-0.2, 0) is 27.1 Å². The SMILES string of the molecule is CCOP(=S)(Cl)Oc1ccc(S(C)=O)cc1. The van der Waals surface area contributed by atoms with Gasteiger partial charge in [0.15, 0.2) is 0 Å². The van der Waals surface area contributed by atoms with E-state index in [0.717, 1.165) is 4.90 Å². The first kappa shape index (κ1) is 14.1. The first-order valence-corrected chi connectivity index (χ1v) is 9.62. The lowest BCUT2D eigenvalue weighted by molar-refractivity contribution is 0.343. The van der Waals surface area contributed by atoms with E-state index >= 15 is 0 Å². The highest BCUT2D eigenvalue weighted by atomic mass is 35.7. The molecule has 90 valence electrons. The van der Waals surface area contributed by atoms with Crippen LogP contribution in [0.25, 0.3) is 0 Å². The fourth-order valence-corrected chi connectivity index (χ4v) is 3.36. The zero-order chi connectivity index (χ0) is 12.2. The van der Waals surface area contributed by atoms with E-state index in [0.29, 0.717) is 12.4 Å². The van der Waals surface area contributed by atoms with Crippen molar-refractivity contribution in [2.24, 2.45) is 0 Å². The predicted molar refractivity (Wildman–Crippen MR) is 71.2 cm³/mol. The van der Waals surface area contributed by atoms with Crippen LogP contribution in [0.2, 0.25) is 0 Å². The van der Waals surface area contributed by atoms with E-state index in [1.807, 2.05) is 0 Å². The molecule has 0 saturated heterocycles. The van der Waals surface area contributed by atoms with Crippen LogP contribution in [-0.4, -0.2) is 17.1 Å². The van der Waals surface area contributed by atoms with Gasteiger partial charge in [-0.15, -0.1) is 0 Å². The lowest BCUT2D eigenvalue weighted by atomic mass is 10.3. The summed E-state index contributed by atoms with van der Waals surface area (Å²) in [6, 6.07) is 6.78. The minimum absolute atomic E-state index is 0.415.